The summed E-state index contributed by atoms with van der Waals surface area (Å²) < 4.78 is 2.00. The van der Waals surface area contributed by atoms with E-state index in [0.29, 0.717) is 10.8 Å². The van der Waals surface area contributed by atoms with Crippen LogP contribution in [0.1, 0.15) is 0 Å². The Labute approximate surface area is 116 Å². The van der Waals surface area contributed by atoms with Gasteiger partial charge in [0.2, 0.25) is 0 Å². The van der Waals surface area contributed by atoms with Crippen LogP contribution in [0, 0.1) is 0 Å². The summed E-state index contributed by atoms with van der Waals surface area (Å²) in [6, 6.07) is 13.7. The Morgan fingerprint density at radius 2 is 1.38 bits per heavy atom. The first-order chi connectivity index (χ1) is 10.3. The average Bonchev–Trinajstić information content (AvgIpc) is 3.03. The summed E-state index contributed by atoms with van der Waals surface area (Å²) in [5.41, 5.74) is 2.03. The van der Waals surface area contributed by atoms with Crippen LogP contribution in [0.25, 0.3) is 38.1 Å². The number of hydrogen-bond acceptors (Lipinski definition) is 2. The van der Waals surface area contributed by atoms with Crippen LogP contribution in [0.3, 0.4) is 0 Å². The molecule has 0 unspecified atom stereocenters. The summed E-state index contributed by atoms with van der Waals surface area (Å²) in [6.07, 6.45) is 0. The van der Waals surface area contributed by atoms with Crippen molar-refractivity contribution in [2.75, 3.05) is 0 Å². The number of pyridine rings is 1. The molecule has 5 nitrogen and oxygen atoms in total. The minimum atomic E-state index is -0.273. The van der Waals surface area contributed by atoms with Crippen molar-refractivity contribution in [1.29, 1.82) is 0 Å². The highest BCUT2D eigenvalue weighted by molar-refractivity contribution is 6.22. The number of fused-ring (bicyclic) bond motifs is 6. The molecule has 0 aliphatic heterocycles. The molecular formula is C16H9N3O2. The Morgan fingerprint density at radius 3 is 2.19 bits per heavy atom. The van der Waals surface area contributed by atoms with Crippen molar-refractivity contribution in [2.45, 2.75) is 0 Å². The first-order valence-electron chi connectivity index (χ1n) is 6.65. The van der Waals surface area contributed by atoms with Gasteiger partial charge in [-0.15, -0.1) is 0 Å². The third-order valence-electron chi connectivity index (χ3n) is 4.16. The highest BCUT2D eigenvalue weighted by Crippen LogP contribution is 2.35. The van der Waals surface area contributed by atoms with Gasteiger partial charge in [-0.05, 0) is 12.1 Å². The van der Waals surface area contributed by atoms with E-state index < -0.39 is 0 Å². The normalized spacial score (nSPS) is 12.2. The number of nitrogens with zero attached hydrogens (tertiary/aromatic N) is 1. The van der Waals surface area contributed by atoms with Crippen molar-refractivity contribution in [3.05, 3.63) is 63.2 Å². The maximum Gasteiger partial charge on any atom is 0.272 e. The molecule has 0 fully saturated rings. The van der Waals surface area contributed by atoms with Crippen LogP contribution in [0.15, 0.2) is 52.1 Å². The van der Waals surface area contributed by atoms with Crippen molar-refractivity contribution in [3.63, 3.8) is 0 Å². The van der Waals surface area contributed by atoms with Gasteiger partial charge in [-0.2, -0.15) is 0 Å². The first-order valence-corrected chi connectivity index (χ1v) is 6.65. The standard InChI is InChI=1S/C16H9N3O2/c20-15-12-11-7-3-6-10-8-4-1-2-5-9(8)14(19(10)11)13(12)16(21)18-17-15/h1-7H,(H,17,20)(H,18,21). The van der Waals surface area contributed by atoms with Crippen molar-refractivity contribution >= 4 is 38.1 Å². The van der Waals surface area contributed by atoms with E-state index in [1.54, 1.807) is 0 Å². The molecule has 0 amide bonds. The molecule has 2 N–H and O–H groups in total. The Morgan fingerprint density at radius 1 is 0.714 bits per heavy atom. The summed E-state index contributed by atoms with van der Waals surface area (Å²) in [4.78, 5) is 24.4. The number of aromatic nitrogens is 3. The molecule has 5 heteroatoms. The fourth-order valence-corrected chi connectivity index (χ4v) is 3.37. The molecule has 4 aromatic heterocycles. The van der Waals surface area contributed by atoms with Crippen molar-refractivity contribution in [1.82, 2.24) is 14.6 Å². The number of benzene rings is 1. The lowest BCUT2D eigenvalue weighted by molar-refractivity contribution is 0.980. The van der Waals surface area contributed by atoms with Crippen molar-refractivity contribution in [2.24, 2.45) is 0 Å². The van der Waals surface area contributed by atoms with E-state index in [0.717, 1.165) is 27.3 Å². The van der Waals surface area contributed by atoms with Gasteiger partial charge >= 0.3 is 0 Å². The molecule has 0 aliphatic rings. The van der Waals surface area contributed by atoms with Gasteiger partial charge in [0.05, 0.1) is 27.3 Å². The fraction of sp³-hybridized carbons (Fsp3) is 0. The van der Waals surface area contributed by atoms with Crippen LogP contribution in [0.5, 0.6) is 0 Å². The zero-order valence-corrected chi connectivity index (χ0v) is 10.8. The maximum absolute atomic E-state index is 12.3. The molecule has 0 saturated carbocycles. The van der Waals surface area contributed by atoms with Gasteiger partial charge in [0.1, 0.15) is 0 Å². The molecular weight excluding hydrogens is 266 g/mol. The number of rotatable bonds is 0. The molecule has 0 atom stereocenters. The van der Waals surface area contributed by atoms with Gasteiger partial charge in [-0.3, -0.25) is 19.8 Å². The zero-order chi connectivity index (χ0) is 14.1. The summed E-state index contributed by atoms with van der Waals surface area (Å²) >= 11 is 0. The van der Waals surface area contributed by atoms with Gasteiger partial charge in [0, 0.05) is 10.8 Å². The second kappa shape index (κ2) is 3.32. The third kappa shape index (κ3) is 1.08. The Kier molecular flexibility index (Phi) is 1.69. The smallest absolute Gasteiger partial charge is 0.272 e. The molecule has 0 radical (unpaired) electrons. The zero-order valence-electron chi connectivity index (χ0n) is 10.8. The van der Waals surface area contributed by atoms with Gasteiger partial charge in [0.15, 0.2) is 0 Å². The number of hydrogen-bond donors (Lipinski definition) is 2. The molecule has 5 rings (SSSR count). The largest absolute Gasteiger partial charge is 0.308 e. The van der Waals surface area contributed by atoms with E-state index in [2.05, 4.69) is 10.2 Å². The molecule has 4 heterocycles. The van der Waals surface area contributed by atoms with E-state index in [4.69, 9.17) is 0 Å². The van der Waals surface area contributed by atoms with E-state index in [-0.39, 0.29) is 11.1 Å². The van der Waals surface area contributed by atoms with E-state index >= 15 is 0 Å². The Bertz CT molecular complexity index is 1270. The average molecular weight is 275 g/mol. The van der Waals surface area contributed by atoms with Gasteiger partial charge in [-0.1, -0.05) is 30.3 Å². The van der Waals surface area contributed by atoms with Crippen LogP contribution >= 0.6 is 0 Å². The summed E-state index contributed by atoms with van der Waals surface area (Å²) in [6.45, 7) is 0. The van der Waals surface area contributed by atoms with Crippen LogP contribution in [0.2, 0.25) is 0 Å². The predicted octanol–water partition coefficient (Wildman–Crippen LogP) is 2.21. The van der Waals surface area contributed by atoms with E-state index in [1.165, 1.54) is 0 Å². The third-order valence-corrected chi connectivity index (χ3v) is 4.16. The van der Waals surface area contributed by atoms with Gasteiger partial charge in [-0.25, -0.2) is 0 Å². The molecule has 0 spiro atoms. The molecule has 100 valence electrons. The van der Waals surface area contributed by atoms with E-state index in [9.17, 15) is 9.59 Å². The number of H-pyrrole nitrogens is 2. The Balaban J connectivity index is 2.38. The topological polar surface area (TPSA) is 70.1 Å². The summed E-state index contributed by atoms with van der Waals surface area (Å²) in [5, 5.41) is 7.81. The van der Waals surface area contributed by atoms with Crippen LogP contribution in [-0.2, 0) is 0 Å². The van der Waals surface area contributed by atoms with Crippen molar-refractivity contribution < 1.29 is 0 Å². The fourth-order valence-electron chi connectivity index (χ4n) is 3.37. The molecule has 0 bridgehead atoms. The lowest BCUT2D eigenvalue weighted by Gasteiger charge is -1.96. The first kappa shape index (κ1) is 10.7. The highest BCUT2D eigenvalue weighted by atomic mass is 16.1. The molecule has 21 heavy (non-hydrogen) atoms. The van der Waals surface area contributed by atoms with Crippen LogP contribution < -0.4 is 11.1 Å². The van der Waals surface area contributed by atoms with Crippen molar-refractivity contribution in [3.8, 4) is 0 Å². The molecule has 1 aromatic carbocycles. The summed E-state index contributed by atoms with van der Waals surface area (Å²) in [7, 11) is 0. The number of nitrogens with one attached hydrogen (secondary N) is 2. The molecule has 5 aromatic rings. The van der Waals surface area contributed by atoms with Crippen LogP contribution in [-0.4, -0.2) is 14.6 Å². The molecule has 0 saturated heterocycles. The lowest BCUT2D eigenvalue weighted by atomic mass is 10.1. The van der Waals surface area contributed by atoms with Gasteiger partial charge in [0.25, 0.3) is 11.1 Å². The second-order valence-electron chi connectivity index (χ2n) is 5.18. The minimum absolute atomic E-state index is 0.272. The maximum atomic E-state index is 12.3. The quantitative estimate of drug-likeness (QED) is 0.455. The monoisotopic (exact) mass is 275 g/mol. The second-order valence-corrected chi connectivity index (χ2v) is 5.18. The predicted molar refractivity (Wildman–Crippen MR) is 82.3 cm³/mol. The summed E-state index contributed by atoms with van der Waals surface area (Å²) in [5.74, 6) is 0. The minimum Gasteiger partial charge on any atom is -0.308 e. The number of aromatic amines is 2. The lowest BCUT2D eigenvalue weighted by Crippen LogP contribution is -2.17. The highest BCUT2D eigenvalue weighted by Gasteiger charge is 2.20. The Hall–Kier alpha value is -3.08. The SMILES string of the molecule is O=c1[nH][nH]c(=O)c2c1c1cccc3c4ccccc4c2n31. The molecule has 0 aliphatic carbocycles. The van der Waals surface area contributed by atoms with Gasteiger partial charge < -0.3 is 4.40 Å². The van der Waals surface area contributed by atoms with E-state index in [1.807, 2.05) is 46.9 Å². The van der Waals surface area contributed by atoms with Crippen LogP contribution in [0.4, 0.5) is 0 Å².